The van der Waals surface area contributed by atoms with Crippen molar-refractivity contribution in [3.8, 4) is 5.75 Å². The van der Waals surface area contributed by atoms with Gasteiger partial charge >= 0.3 is 0 Å². The lowest BCUT2D eigenvalue weighted by molar-refractivity contribution is 0.414. The van der Waals surface area contributed by atoms with Crippen LogP contribution in [0.3, 0.4) is 0 Å². The number of methoxy groups -OCH3 is 1. The van der Waals surface area contributed by atoms with E-state index in [9.17, 15) is 0 Å². The average Bonchev–Trinajstić information content (AvgIpc) is 2.45. The molecular weight excluding hydrogens is 270 g/mol. The molecule has 1 aromatic carbocycles. The molecule has 0 amide bonds. The normalized spacial score (nSPS) is 10.3. The SMILES string of the molecule is CCCNc1nc(C)cc(Sc2ccc(OC)cc2)n1. The second-order valence-corrected chi connectivity index (χ2v) is 5.47. The molecule has 0 unspecified atom stereocenters. The van der Waals surface area contributed by atoms with Gasteiger partial charge in [-0.2, -0.15) is 0 Å². The summed E-state index contributed by atoms with van der Waals surface area (Å²) < 4.78 is 5.16. The van der Waals surface area contributed by atoms with E-state index in [1.807, 2.05) is 37.3 Å². The Kier molecular flexibility index (Phi) is 5.24. The third-order valence-corrected chi connectivity index (χ3v) is 3.57. The predicted octanol–water partition coefficient (Wildman–Crippen LogP) is 3.77. The van der Waals surface area contributed by atoms with Gasteiger partial charge in [-0.05, 0) is 43.7 Å². The predicted molar refractivity (Wildman–Crippen MR) is 82.7 cm³/mol. The summed E-state index contributed by atoms with van der Waals surface area (Å²) >= 11 is 1.62. The summed E-state index contributed by atoms with van der Waals surface area (Å²) in [4.78, 5) is 10.0. The molecule has 0 saturated carbocycles. The van der Waals surface area contributed by atoms with Crippen LogP contribution in [0.4, 0.5) is 5.95 Å². The van der Waals surface area contributed by atoms with Gasteiger partial charge < -0.3 is 10.1 Å². The third kappa shape index (κ3) is 4.13. The van der Waals surface area contributed by atoms with Crippen molar-refractivity contribution in [3.05, 3.63) is 36.0 Å². The van der Waals surface area contributed by atoms with Crippen molar-refractivity contribution in [2.45, 2.75) is 30.2 Å². The van der Waals surface area contributed by atoms with Crippen molar-refractivity contribution in [2.24, 2.45) is 0 Å². The van der Waals surface area contributed by atoms with Gasteiger partial charge in [0.2, 0.25) is 5.95 Å². The molecule has 0 fully saturated rings. The number of hydrogen-bond donors (Lipinski definition) is 1. The molecule has 4 nitrogen and oxygen atoms in total. The molecule has 1 heterocycles. The second-order valence-electron chi connectivity index (χ2n) is 4.38. The van der Waals surface area contributed by atoms with E-state index in [0.717, 1.165) is 34.3 Å². The molecular formula is C15H19N3OS. The molecule has 2 aromatic rings. The Bertz CT molecular complexity index is 558. The lowest BCUT2D eigenvalue weighted by Gasteiger charge is -2.07. The number of hydrogen-bond acceptors (Lipinski definition) is 5. The minimum atomic E-state index is 0.697. The molecule has 106 valence electrons. The van der Waals surface area contributed by atoms with Crippen LogP contribution in [0, 0.1) is 6.92 Å². The van der Waals surface area contributed by atoms with Crippen molar-refractivity contribution < 1.29 is 4.74 Å². The van der Waals surface area contributed by atoms with Gasteiger partial charge in [-0.3, -0.25) is 0 Å². The molecule has 0 aliphatic carbocycles. The topological polar surface area (TPSA) is 47.0 Å². The summed E-state index contributed by atoms with van der Waals surface area (Å²) in [5.41, 5.74) is 0.967. The van der Waals surface area contributed by atoms with Crippen molar-refractivity contribution >= 4 is 17.7 Å². The summed E-state index contributed by atoms with van der Waals surface area (Å²) in [5.74, 6) is 1.56. The van der Waals surface area contributed by atoms with E-state index in [0.29, 0.717) is 5.95 Å². The first-order valence-electron chi connectivity index (χ1n) is 6.62. The van der Waals surface area contributed by atoms with Crippen LogP contribution in [0.25, 0.3) is 0 Å². The van der Waals surface area contributed by atoms with Gasteiger partial charge in [0.15, 0.2) is 0 Å². The minimum absolute atomic E-state index is 0.697. The molecule has 0 bridgehead atoms. The molecule has 1 aromatic heterocycles. The Hall–Kier alpha value is -1.75. The van der Waals surface area contributed by atoms with Crippen molar-refractivity contribution in [1.82, 2.24) is 9.97 Å². The van der Waals surface area contributed by atoms with Gasteiger partial charge in [0.25, 0.3) is 0 Å². The second kappa shape index (κ2) is 7.14. The summed E-state index contributed by atoms with van der Waals surface area (Å²) in [5, 5.41) is 4.17. The van der Waals surface area contributed by atoms with Gasteiger partial charge in [0.05, 0.1) is 7.11 Å². The van der Waals surface area contributed by atoms with Crippen LogP contribution in [-0.2, 0) is 0 Å². The first-order chi connectivity index (χ1) is 9.71. The van der Waals surface area contributed by atoms with E-state index in [1.165, 1.54) is 0 Å². The molecule has 0 saturated heterocycles. The zero-order valence-electron chi connectivity index (χ0n) is 12.0. The van der Waals surface area contributed by atoms with Crippen LogP contribution in [0.1, 0.15) is 19.0 Å². The quantitative estimate of drug-likeness (QED) is 0.820. The number of ether oxygens (including phenoxy) is 1. The number of benzene rings is 1. The molecule has 0 spiro atoms. The Morgan fingerprint density at radius 3 is 2.60 bits per heavy atom. The average molecular weight is 289 g/mol. The van der Waals surface area contributed by atoms with Gasteiger partial charge in [-0.25, -0.2) is 9.97 Å². The van der Waals surface area contributed by atoms with E-state index in [-0.39, 0.29) is 0 Å². The van der Waals surface area contributed by atoms with Crippen LogP contribution in [0.5, 0.6) is 5.75 Å². The molecule has 2 rings (SSSR count). The monoisotopic (exact) mass is 289 g/mol. The first-order valence-corrected chi connectivity index (χ1v) is 7.44. The van der Waals surface area contributed by atoms with Crippen LogP contribution in [0.2, 0.25) is 0 Å². The zero-order chi connectivity index (χ0) is 14.4. The molecule has 0 radical (unpaired) electrons. The summed E-state index contributed by atoms with van der Waals surface area (Å²) in [7, 11) is 1.67. The van der Waals surface area contributed by atoms with Crippen LogP contribution < -0.4 is 10.1 Å². The fourth-order valence-corrected chi connectivity index (χ4v) is 2.55. The number of anilines is 1. The maximum absolute atomic E-state index is 5.16. The van der Waals surface area contributed by atoms with E-state index in [4.69, 9.17) is 4.74 Å². The number of rotatable bonds is 6. The number of aromatic nitrogens is 2. The molecule has 20 heavy (non-hydrogen) atoms. The molecule has 5 heteroatoms. The first kappa shape index (κ1) is 14.7. The number of aryl methyl sites for hydroxylation is 1. The smallest absolute Gasteiger partial charge is 0.223 e. The van der Waals surface area contributed by atoms with Gasteiger partial charge in [0.1, 0.15) is 10.8 Å². The van der Waals surface area contributed by atoms with Crippen molar-refractivity contribution in [3.63, 3.8) is 0 Å². The van der Waals surface area contributed by atoms with Crippen molar-refractivity contribution in [2.75, 3.05) is 19.0 Å². The maximum Gasteiger partial charge on any atom is 0.223 e. The molecule has 1 N–H and O–H groups in total. The van der Waals surface area contributed by atoms with Crippen LogP contribution in [0.15, 0.2) is 40.3 Å². The lowest BCUT2D eigenvalue weighted by atomic mass is 10.3. The number of nitrogens with one attached hydrogen (secondary N) is 1. The maximum atomic E-state index is 5.16. The summed E-state index contributed by atoms with van der Waals surface area (Å²) in [6, 6.07) is 9.95. The van der Waals surface area contributed by atoms with Crippen molar-refractivity contribution in [1.29, 1.82) is 0 Å². The van der Waals surface area contributed by atoms with Gasteiger partial charge in [-0.15, -0.1) is 0 Å². The Balaban J connectivity index is 2.12. The molecule has 0 aliphatic rings. The fraction of sp³-hybridized carbons (Fsp3) is 0.333. The van der Waals surface area contributed by atoms with Gasteiger partial charge in [0, 0.05) is 17.1 Å². The van der Waals surface area contributed by atoms with E-state index in [1.54, 1.807) is 18.9 Å². The largest absolute Gasteiger partial charge is 0.497 e. The Morgan fingerprint density at radius 1 is 1.20 bits per heavy atom. The minimum Gasteiger partial charge on any atom is -0.497 e. The lowest BCUT2D eigenvalue weighted by Crippen LogP contribution is -2.05. The van der Waals surface area contributed by atoms with E-state index >= 15 is 0 Å². The highest BCUT2D eigenvalue weighted by Crippen LogP contribution is 2.28. The van der Waals surface area contributed by atoms with E-state index in [2.05, 4.69) is 22.2 Å². The highest BCUT2D eigenvalue weighted by atomic mass is 32.2. The van der Waals surface area contributed by atoms with E-state index < -0.39 is 0 Å². The standard InChI is InChI=1S/C15H19N3OS/c1-4-9-16-15-17-11(2)10-14(18-15)20-13-7-5-12(19-3)6-8-13/h5-8,10H,4,9H2,1-3H3,(H,16,17,18). The molecule has 0 atom stereocenters. The third-order valence-electron chi connectivity index (χ3n) is 2.65. The van der Waals surface area contributed by atoms with Crippen LogP contribution >= 0.6 is 11.8 Å². The molecule has 0 aliphatic heterocycles. The fourth-order valence-electron chi connectivity index (χ4n) is 1.67. The Morgan fingerprint density at radius 2 is 1.95 bits per heavy atom. The van der Waals surface area contributed by atoms with Crippen LogP contribution in [-0.4, -0.2) is 23.6 Å². The highest BCUT2D eigenvalue weighted by Gasteiger charge is 2.04. The summed E-state index contributed by atoms with van der Waals surface area (Å²) in [6.45, 7) is 4.99. The summed E-state index contributed by atoms with van der Waals surface area (Å²) in [6.07, 6.45) is 1.05. The Labute approximate surface area is 124 Å². The number of nitrogens with zero attached hydrogens (tertiary/aromatic N) is 2. The highest BCUT2D eigenvalue weighted by molar-refractivity contribution is 7.99. The van der Waals surface area contributed by atoms with Gasteiger partial charge in [-0.1, -0.05) is 18.7 Å². The zero-order valence-corrected chi connectivity index (χ0v) is 12.8.